The van der Waals surface area contributed by atoms with Crippen molar-refractivity contribution in [3.05, 3.63) is 95.1 Å². The molecule has 0 spiro atoms. The van der Waals surface area contributed by atoms with Gasteiger partial charge in [0.2, 0.25) is 5.91 Å². The van der Waals surface area contributed by atoms with Crippen molar-refractivity contribution in [3.63, 3.8) is 0 Å². The predicted octanol–water partition coefficient (Wildman–Crippen LogP) is 6.46. The first-order valence-electron chi connectivity index (χ1n) is 17.6. The number of carboxylic acids is 1. The second kappa shape index (κ2) is 17.2. The number of esters is 1. The van der Waals surface area contributed by atoms with Crippen molar-refractivity contribution in [2.24, 2.45) is 0 Å². The van der Waals surface area contributed by atoms with Crippen molar-refractivity contribution >= 4 is 17.8 Å². The number of aliphatic hydroxyl groups is 1. The van der Waals surface area contributed by atoms with E-state index in [0.29, 0.717) is 38.8 Å². The third-order valence-electron chi connectivity index (χ3n) is 9.07. The number of hydrogen-bond donors (Lipinski definition) is 3. The second-order valence-corrected chi connectivity index (χ2v) is 14.2. The quantitative estimate of drug-likeness (QED) is 0.129. The third kappa shape index (κ3) is 10.7. The smallest absolute Gasteiger partial charge is 0.323 e. The van der Waals surface area contributed by atoms with E-state index in [1.54, 1.807) is 0 Å². The van der Waals surface area contributed by atoms with Crippen molar-refractivity contribution in [3.8, 4) is 11.1 Å². The summed E-state index contributed by atoms with van der Waals surface area (Å²) in [6, 6.07) is 23.6. The summed E-state index contributed by atoms with van der Waals surface area (Å²) in [5.74, 6) is -1.13. The van der Waals surface area contributed by atoms with Gasteiger partial charge in [-0.05, 0) is 86.9 Å². The minimum absolute atomic E-state index is 0.0265. The standard InChI is InChI=1S/C40H50N2O8/c1-40(2,3)50-38(47)34-10-7-21-42(34)25-33-23-35(30-15-13-27(26-43)14-16-30)49-39(48-33)31-19-17-29(18-20-31)32-9-6-8-28(22-32)24-41-36(44)11-4-5-12-37(45)46/h6,8-9,13-20,22,33-35,39,43H,4-5,7,10-12,21,23-26H2,1-3H3,(H,41,44)(H,45,46)/t33-,34-,35+,39+/m0/s1. The lowest BCUT2D eigenvalue weighted by atomic mass is 9.98. The maximum Gasteiger partial charge on any atom is 0.323 e. The number of nitrogens with zero attached hydrogens (tertiary/aromatic N) is 1. The molecule has 1 amide bonds. The molecule has 10 heteroatoms. The van der Waals surface area contributed by atoms with E-state index in [1.807, 2.05) is 93.6 Å². The van der Waals surface area contributed by atoms with Gasteiger partial charge in [0.1, 0.15) is 11.6 Å². The monoisotopic (exact) mass is 686 g/mol. The molecule has 0 aliphatic carbocycles. The molecule has 2 aliphatic heterocycles. The number of amides is 1. The topological polar surface area (TPSA) is 135 Å². The lowest BCUT2D eigenvalue weighted by Gasteiger charge is -2.38. The lowest BCUT2D eigenvalue weighted by Crippen LogP contribution is -2.45. The highest BCUT2D eigenvalue weighted by Gasteiger charge is 2.39. The van der Waals surface area contributed by atoms with Crippen molar-refractivity contribution in [2.75, 3.05) is 13.1 Å². The van der Waals surface area contributed by atoms with E-state index in [0.717, 1.165) is 52.8 Å². The van der Waals surface area contributed by atoms with Gasteiger partial charge in [0.15, 0.2) is 6.29 Å². The fourth-order valence-corrected chi connectivity index (χ4v) is 6.52. The number of likely N-dealkylation sites (tertiary alicyclic amines) is 1. The lowest BCUT2D eigenvalue weighted by molar-refractivity contribution is -0.253. The Morgan fingerprint density at radius 1 is 0.900 bits per heavy atom. The highest BCUT2D eigenvalue weighted by atomic mass is 16.7. The zero-order valence-corrected chi connectivity index (χ0v) is 29.3. The number of unbranched alkanes of at least 4 members (excludes halogenated alkanes) is 1. The minimum Gasteiger partial charge on any atom is -0.481 e. The van der Waals surface area contributed by atoms with E-state index in [4.69, 9.17) is 19.3 Å². The number of nitrogens with one attached hydrogen (secondary N) is 1. The molecule has 0 saturated carbocycles. The Bertz CT molecular complexity index is 1580. The number of benzene rings is 3. The molecule has 0 unspecified atom stereocenters. The molecule has 0 radical (unpaired) electrons. The SMILES string of the molecule is CC(C)(C)OC(=O)[C@@H]1CCCN1C[C@@H]1C[C@H](c2ccc(CO)cc2)O[C@H](c2ccc(-c3cccc(CNC(=O)CCCCC(=O)O)c3)cc2)O1. The predicted molar refractivity (Wildman–Crippen MR) is 189 cm³/mol. The largest absolute Gasteiger partial charge is 0.481 e. The Balaban J connectivity index is 1.27. The molecule has 3 aromatic carbocycles. The number of aliphatic hydroxyl groups excluding tert-OH is 1. The van der Waals surface area contributed by atoms with Gasteiger partial charge < -0.3 is 29.7 Å². The van der Waals surface area contributed by atoms with Gasteiger partial charge in [-0.3, -0.25) is 19.3 Å². The van der Waals surface area contributed by atoms with Crippen LogP contribution in [0.5, 0.6) is 0 Å². The summed E-state index contributed by atoms with van der Waals surface area (Å²) >= 11 is 0. The molecule has 268 valence electrons. The Morgan fingerprint density at radius 2 is 1.62 bits per heavy atom. The summed E-state index contributed by atoms with van der Waals surface area (Å²) in [5.41, 5.74) is 5.16. The van der Waals surface area contributed by atoms with Crippen LogP contribution in [0, 0.1) is 0 Å². The first kappa shape index (κ1) is 37.2. The Kier molecular flexibility index (Phi) is 12.8. The van der Waals surface area contributed by atoms with E-state index < -0.39 is 17.9 Å². The molecule has 3 aromatic rings. The Hall–Kier alpha value is -4.09. The molecular weight excluding hydrogens is 636 g/mol. The molecule has 10 nitrogen and oxygen atoms in total. The Morgan fingerprint density at radius 3 is 2.32 bits per heavy atom. The molecular formula is C40H50N2O8. The fraction of sp³-hybridized carbons (Fsp3) is 0.475. The van der Waals surface area contributed by atoms with Crippen LogP contribution in [0.25, 0.3) is 11.1 Å². The first-order valence-corrected chi connectivity index (χ1v) is 17.6. The summed E-state index contributed by atoms with van der Waals surface area (Å²) in [6.07, 6.45) is 2.66. The maximum absolute atomic E-state index is 13.1. The molecule has 2 heterocycles. The number of hydrogen-bond acceptors (Lipinski definition) is 8. The minimum atomic E-state index is -0.847. The van der Waals surface area contributed by atoms with Crippen molar-refractivity contribution in [1.29, 1.82) is 0 Å². The van der Waals surface area contributed by atoms with Crippen LogP contribution in [-0.2, 0) is 41.7 Å². The highest BCUT2D eigenvalue weighted by Crippen LogP contribution is 2.39. The van der Waals surface area contributed by atoms with Crippen LogP contribution in [0.3, 0.4) is 0 Å². The second-order valence-electron chi connectivity index (χ2n) is 14.2. The number of aliphatic carboxylic acids is 1. The average Bonchev–Trinajstić information content (AvgIpc) is 3.57. The number of carboxylic acid groups (broad SMARTS) is 1. The number of rotatable bonds is 14. The highest BCUT2D eigenvalue weighted by molar-refractivity contribution is 5.77. The van der Waals surface area contributed by atoms with Gasteiger partial charge in [0.25, 0.3) is 0 Å². The molecule has 2 saturated heterocycles. The van der Waals surface area contributed by atoms with Gasteiger partial charge in [0, 0.05) is 37.9 Å². The van der Waals surface area contributed by atoms with E-state index in [2.05, 4.69) is 10.2 Å². The van der Waals surface area contributed by atoms with E-state index in [-0.39, 0.29) is 43.2 Å². The summed E-state index contributed by atoms with van der Waals surface area (Å²) < 4.78 is 18.9. The zero-order chi connectivity index (χ0) is 35.7. The molecule has 0 bridgehead atoms. The molecule has 4 atom stereocenters. The summed E-state index contributed by atoms with van der Waals surface area (Å²) in [4.78, 5) is 38.2. The number of carbonyl (C=O) groups is 3. The molecule has 50 heavy (non-hydrogen) atoms. The molecule has 5 rings (SSSR count). The normalized spacial score (nSPS) is 21.1. The van der Waals surface area contributed by atoms with Gasteiger partial charge in [-0.1, -0.05) is 66.7 Å². The fourth-order valence-electron chi connectivity index (χ4n) is 6.52. The van der Waals surface area contributed by atoms with E-state index >= 15 is 0 Å². The maximum atomic E-state index is 13.1. The van der Waals surface area contributed by atoms with Crippen LogP contribution in [0.4, 0.5) is 0 Å². The van der Waals surface area contributed by atoms with E-state index in [1.165, 1.54) is 0 Å². The van der Waals surface area contributed by atoms with Crippen LogP contribution < -0.4 is 5.32 Å². The van der Waals surface area contributed by atoms with Crippen LogP contribution in [0.2, 0.25) is 0 Å². The van der Waals surface area contributed by atoms with Crippen molar-refractivity contribution in [2.45, 2.75) is 109 Å². The number of carbonyl (C=O) groups excluding carboxylic acids is 2. The van der Waals surface area contributed by atoms with Gasteiger partial charge >= 0.3 is 11.9 Å². The van der Waals surface area contributed by atoms with Crippen molar-refractivity contribution in [1.82, 2.24) is 10.2 Å². The van der Waals surface area contributed by atoms with Gasteiger partial charge in [0.05, 0.1) is 18.8 Å². The molecule has 2 fully saturated rings. The summed E-state index contributed by atoms with van der Waals surface area (Å²) in [5, 5.41) is 21.3. The van der Waals surface area contributed by atoms with E-state index in [9.17, 15) is 19.5 Å². The average molecular weight is 687 g/mol. The molecule has 3 N–H and O–H groups in total. The van der Waals surface area contributed by atoms with Gasteiger partial charge in [-0.15, -0.1) is 0 Å². The first-order chi connectivity index (χ1) is 24.0. The van der Waals surface area contributed by atoms with Crippen LogP contribution in [0.15, 0.2) is 72.8 Å². The van der Waals surface area contributed by atoms with Crippen molar-refractivity contribution < 1.29 is 38.8 Å². The van der Waals surface area contributed by atoms with Gasteiger partial charge in [-0.2, -0.15) is 0 Å². The zero-order valence-electron chi connectivity index (χ0n) is 29.3. The number of ether oxygens (including phenoxy) is 3. The summed E-state index contributed by atoms with van der Waals surface area (Å²) in [7, 11) is 0. The molecule has 2 aliphatic rings. The summed E-state index contributed by atoms with van der Waals surface area (Å²) in [6.45, 7) is 7.42. The third-order valence-corrected chi connectivity index (χ3v) is 9.07. The van der Waals surface area contributed by atoms with Crippen LogP contribution in [-0.4, -0.2) is 63.8 Å². The Labute approximate surface area is 294 Å². The van der Waals surface area contributed by atoms with Crippen LogP contribution >= 0.6 is 0 Å². The van der Waals surface area contributed by atoms with Crippen LogP contribution in [0.1, 0.15) is 100 Å². The van der Waals surface area contributed by atoms with Gasteiger partial charge in [-0.25, -0.2) is 0 Å². The molecule has 0 aromatic heterocycles.